The molecule has 2 rings (SSSR count). The second-order valence-corrected chi connectivity index (χ2v) is 4.54. The van der Waals surface area contributed by atoms with Crippen molar-refractivity contribution in [2.24, 2.45) is 0 Å². The number of hydrogen-bond acceptors (Lipinski definition) is 4. The van der Waals surface area contributed by atoms with E-state index in [1.54, 1.807) is 21.3 Å². The van der Waals surface area contributed by atoms with Gasteiger partial charge in [-0.05, 0) is 18.6 Å². The minimum atomic E-state index is -0.763. The zero-order valence-corrected chi connectivity index (χ0v) is 11.7. The highest BCUT2D eigenvalue weighted by Gasteiger charge is 2.41. The van der Waals surface area contributed by atoms with Crippen LogP contribution in [0.4, 0.5) is 0 Å². The third-order valence-electron chi connectivity index (χ3n) is 3.54. The molecule has 0 aliphatic heterocycles. The molecule has 1 N–H and O–H groups in total. The molecular formula is C14H19NO4. The lowest BCUT2D eigenvalue weighted by Crippen LogP contribution is -2.44. The lowest BCUT2D eigenvalue weighted by molar-refractivity contribution is -0.130. The van der Waals surface area contributed by atoms with Gasteiger partial charge in [0.05, 0.1) is 14.2 Å². The van der Waals surface area contributed by atoms with E-state index >= 15 is 0 Å². The highest BCUT2D eigenvalue weighted by Crippen LogP contribution is 2.45. The van der Waals surface area contributed by atoms with E-state index in [1.807, 2.05) is 12.1 Å². The van der Waals surface area contributed by atoms with Crippen LogP contribution in [0.1, 0.15) is 24.5 Å². The first-order valence-corrected chi connectivity index (χ1v) is 6.16. The van der Waals surface area contributed by atoms with Crippen molar-refractivity contribution in [1.29, 1.82) is 0 Å². The number of nitrogens with one attached hydrogen (secondary N) is 1. The van der Waals surface area contributed by atoms with Gasteiger partial charge >= 0.3 is 0 Å². The molecule has 0 heterocycles. The van der Waals surface area contributed by atoms with Crippen LogP contribution in [-0.2, 0) is 21.7 Å². The first-order valence-electron chi connectivity index (χ1n) is 6.16. The zero-order chi connectivity index (χ0) is 14.0. The molecule has 0 radical (unpaired) electrons. The Labute approximate surface area is 112 Å². The minimum Gasteiger partial charge on any atom is -0.493 e. The molecule has 1 aromatic carbocycles. The van der Waals surface area contributed by atoms with Crippen LogP contribution in [0.15, 0.2) is 12.1 Å². The van der Waals surface area contributed by atoms with Gasteiger partial charge < -0.3 is 19.5 Å². The maximum Gasteiger partial charge on any atom is 0.219 e. The summed E-state index contributed by atoms with van der Waals surface area (Å²) in [5.41, 5.74) is 1.20. The molecule has 5 nitrogen and oxygen atoms in total. The Balaban J connectivity index is 2.53. The summed E-state index contributed by atoms with van der Waals surface area (Å²) in [5, 5.41) is 2.89. The molecule has 0 saturated carbocycles. The number of benzene rings is 1. The average Bonchev–Trinajstić information content (AvgIpc) is 2.76. The van der Waals surface area contributed by atoms with E-state index < -0.39 is 5.72 Å². The van der Waals surface area contributed by atoms with Crippen molar-refractivity contribution in [1.82, 2.24) is 5.32 Å². The van der Waals surface area contributed by atoms with Gasteiger partial charge in [-0.25, -0.2) is 0 Å². The molecular weight excluding hydrogens is 246 g/mol. The maximum atomic E-state index is 11.4. The van der Waals surface area contributed by atoms with Crippen LogP contribution in [0.2, 0.25) is 0 Å². The molecule has 0 aromatic heterocycles. The van der Waals surface area contributed by atoms with Gasteiger partial charge in [-0.1, -0.05) is 0 Å². The van der Waals surface area contributed by atoms with Crippen LogP contribution >= 0.6 is 0 Å². The molecule has 1 aliphatic rings. The third-order valence-corrected chi connectivity index (χ3v) is 3.54. The summed E-state index contributed by atoms with van der Waals surface area (Å²) >= 11 is 0. The summed E-state index contributed by atoms with van der Waals surface area (Å²) in [6.45, 7) is 1.49. The topological polar surface area (TPSA) is 56.8 Å². The summed E-state index contributed by atoms with van der Waals surface area (Å²) in [5.74, 6) is 1.28. The predicted octanol–water partition coefficient (Wildman–Crippen LogP) is 1.59. The number of hydrogen-bond donors (Lipinski definition) is 1. The monoisotopic (exact) mass is 265 g/mol. The summed E-state index contributed by atoms with van der Waals surface area (Å²) < 4.78 is 16.3. The zero-order valence-electron chi connectivity index (χ0n) is 11.7. The summed E-state index contributed by atoms with van der Waals surface area (Å²) in [4.78, 5) is 11.4. The molecule has 5 heteroatoms. The standard InChI is InChI=1S/C14H19NO4/c1-9(16)15-14(19-4)8-7-10-11(14)5-6-12(17-2)13(10)18-3/h5-6H,7-8H2,1-4H3,(H,15,16)/t14-/m1/s1. The Morgan fingerprint density at radius 1 is 1.26 bits per heavy atom. The van der Waals surface area contributed by atoms with E-state index in [1.165, 1.54) is 6.92 Å². The lowest BCUT2D eigenvalue weighted by Gasteiger charge is -2.29. The molecule has 1 atom stereocenters. The quantitative estimate of drug-likeness (QED) is 0.840. The van der Waals surface area contributed by atoms with Gasteiger partial charge in [0.15, 0.2) is 17.2 Å². The Kier molecular flexibility index (Phi) is 3.66. The smallest absolute Gasteiger partial charge is 0.219 e. The van der Waals surface area contributed by atoms with Crippen LogP contribution < -0.4 is 14.8 Å². The highest BCUT2D eigenvalue weighted by molar-refractivity contribution is 5.74. The van der Waals surface area contributed by atoms with Gasteiger partial charge in [-0.2, -0.15) is 0 Å². The summed E-state index contributed by atoms with van der Waals surface area (Å²) in [6.07, 6.45) is 1.45. The van der Waals surface area contributed by atoms with E-state index in [-0.39, 0.29) is 5.91 Å². The predicted molar refractivity (Wildman–Crippen MR) is 70.4 cm³/mol. The van der Waals surface area contributed by atoms with Gasteiger partial charge in [-0.3, -0.25) is 4.79 Å². The number of carbonyl (C=O) groups is 1. The first-order chi connectivity index (χ1) is 9.07. The van der Waals surface area contributed by atoms with Crippen molar-refractivity contribution in [2.75, 3.05) is 21.3 Å². The van der Waals surface area contributed by atoms with Gasteiger partial charge in [0.2, 0.25) is 5.91 Å². The molecule has 0 fully saturated rings. The van der Waals surface area contributed by atoms with Gasteiger partial charge in [0.25, 0.3) is 0 Å². The Morgan fingerprint density at radius 3 is 2.53 bits per heavy atom. The highest BCUT2D eigenvalue weighted by atomic mass is 16.5. The molecule has 1 aromatic rings. The van der Waals surface area contributed by atoms with Crippen molar-refractivity contribution in [2.45, 2.75) is 25.5 Å². The van der Waals surface area contributed by atoms with Gasteiger partial charge in [-0.15, -0.1) is 0 Å². The van der Waals surface area contributed by atoms with E-state index in [4.69, 9.17) is 14.2 Å². The fourth-order valence-electron chi connectivity index (χ4n) is 2.73. The van der Waals surface area contributed by atoms with E-state index in [0.717, 1.165) is 17.5 Å². The van der Waals surface area contributed by atoms with Crippen molar-refractivity contribution in [3.05, 3.63) is 23.3 Å². The fraction of sp³-hybridized carbons (Fsp3) is 0.500. The molecule has 0 saturated heterocycles. The van der Waals surface area contributed by atoms with E-state index in [2.05, 4.69) is 5.32 Å². The fourth-order valence-corrected chi connectivity index (χ4v) is 2.73. The second-order valence-electron chi connectivity index (χ2n) is 4.54. The van der Waals surface area contributed by atoms with Gasteiger partial charge in [0.1, 0.15) is 0 Å². The number of amides is 1. The number of ether oxygens (including phenoxy) is 3. The van der Waals surface area contributed by atoms with Crippen LogP contribution in [-0.4, -0.2) is 27.2 Å². The summed E-state index contributed by atoms with van der Waals surface area (Å²) in [7, 11) is 4.82. The molecule has 1 aliphatic carbocycles. The van der Waals surface area contributed by atoms with Crippen molar-refractivity contribution in [3.63, 3.8) is 0 Å². The Bertz CT molecular complexity index is 500. The number of fused-ring (bicyclic) bond motifs is 1. The van der Waals surface area contributed by atoms with Crippen LogP contribution in [0, 0.1) is 0 Å². The van der Waals surface area contributed by atoms with E-state index in [0.29, 0.717) is 17.9 Å². The third kappa shape index (κ3) is 2.14. The second kappa shape index (κ2) is 5.09. The summed E-state index contributed by atoms with van der Waals surface area (Å²) in [6, 6.07) is 3.75. The molecule has 19 heavy (non-hydrogen) atoms. The maximum absolute atomic E-state index is 11.4. The Hall–Kier alpha value is -1.75. The van der Waals surface area contributed by atoms with Crippen LogP contribution in [0.5, 0.6) is 11.5 Å². The number of methoxy groups -OCH3 is 3. The van der Waals surface area contributed by atoms with Crippen LogP contribution in [0.25, 0.3) is 0 Å². The van der Waals surface area contributed by atoms with E-state index in [9.17, 15) is 4.79 Å². The lowest BCUT2D eigenvalue weighted by atomic mass is 10.0. The molecule has 0 unspecified atom stereocenters. The average molecular weight is 265 g/mol. The van der Waals surface area contributed by atoms with Crippen molar-refractivity contribution < 1.29 is 19.0 Å². The number of carbonyl (C=O) groups excluding carboxylic acids is 1. The van der Waals surface area contributed by atoms with Crippen molar-refractivity contribution in [3.8, 4) is 11.5 Å². The normalized spacial score (nSPS) is 20.8. The number of rotatable bonds is 4. The molecule has 104 valence electrons. The SMILES string of the molecule is COc1ccc2c(c1OC)CC[C@@]2(NC(C)=O)OC. The Morgan fingerprint density at radius 2 is 2.00 bits per heavy atom. The molecule has 1 amide bonds. The molecule has 0 bridgehead atoms. The van der Waals surface area contributed by atoms with Crippen LogP contribution in [0.3, 0.4) is 0 Å². The van der Waals surface area contributed by atoms with Crippen molar-refractivity contribution >= 4 is 5.91 Å². The van der Waals surface area contributed by atoms with Gasteiger partial charge in [0, 0.05) is 31.6 Å². The minimum absolute atomic E-state index is 0.121. The largest absolute Gasteiger partial charge is 0.493 e. The first kappa shape index (κ1) is 13.7. The molecule has 0 spiro atoms.